The fourth-order valence-electron chi connectivity index (χ4n) is 2.77. The molecule has 0 amide bonds. The number of H-pyrrole nitrogens is 1. The Morgan fingerprint density at radius 1 is 1.37 bits per heavy atom. The zero-order valence-corrected chi connectivity index (χ0v) is 15.8. The minimum absolute atomic E-state index is 0.0561. The standard InChI is InChI=1S/C19H21ClN4O3/c1-3-27-19(26)17-16(22-21-15-10-9-12(2)11-14(15)20)18(25)24(23-17)13-7-5-4-6-8-13/h4-7,9-11,13,21-23H,3,8H2,1-2H3. The number of esters is 1. The van der Waals surface area contributed by atoms with Crippen molar-refractivity contribution in [3.63, 3.8) is 0 Å². The molecule has 0 radical (unpaired) electrons. The summed E-state index contributed by atoms with van der Waals surface area (Å²) in [5.41, 5.74) is 7.08. The summed E-state index contributed by atoms with van der Waals surface area (Å²) in [5, 5.41) is 3.37. The number of aromatic amines is 1. The Hall–Kier alpha value is -2.93. The van der Waals surface area contributed by atoms with Gasteiger partial charge in [-0.25, -0.2) is 9.48 Å². The van der Waals surface area contributed by atoms with Crippen molar-refractivity contribution in [3.8, 4) is 0 Å². The number of benzene rings is 1. The summed E-state index contributed by atoms with van der Waals surface area (Å²) >= 11 is 6.21. The van der Waals surface area contributed by atoms with Gasteiger partial charge in [-0.05, 0) is 38.0 Å². The summed E-state index contributed by atoms with van der Waals surface area (Å²) in [6.45, 7) is 3.84. The lowest BCUT2D eigenvalue weighted by molar-refractivity contribution is 0.0519. The third-order valence-corrected chi connectivity index (χ3v) is 4.44. The molecule has 1 aliphatic rings. The quantitative estimate of drug-likeness (QED) is 0.517. The Labute approximate surface area is 161 Å². The molecule has 3 N–H and O–H groups in total. The summed E-state index contributed by atoms with van der Waals surface area (Å²) < 4.78 is 6.48. The zero-order valence-electron chi connectivity index (χ0n) is 15.1. The first-order valence-corrected chi connectivity index (χ1v) is 9.02. The lowest BCUT2D eigenvalue weighted by Crippen LogP contribution is -2.24. The largest absolute Gasteiger partial charge is 0.461 e. The van der Waals surface area contributed by atoms with Gasteiger partial charge in [0.05, 0.1) is 23.4 Å². The van der Waals surface area contributed by atoms with Crippen molar-refractivity contribution in [2.45, 2.75) is 26.3 Å². The second kappa shape index (κ2) is 8.18. The first-order chi connectivity index (χ1) is 13.0. The van der Waals surface area contributed by atoms with E-state index in [1.807, 2.05) is 37.3 Å². The van der Waals surface area contributed by atoms with Gasteiger partial charge in [0.25, 0.3) is 5.56 Å². The molecule has 8 heteroatoms. The highest BCUT2D eigenvalue weighted by Crippen LogP contribution is 2.24. The van der Waals surface area contributed by atoms with E-state index < -0.39 is 5.97 Å². The van der Waals surface area contributed by atoms with E-state index in [4.69, 9.17) is 16.3 Å². The number of ether oxygens (including phenoxy) is 1. The highest BCUT2D eigenvalue weighted by molar-refractivity contribution is 6.33. The second-order valence-electron chi connectivity index (χ2n) is 6.11. The van der Waals surface area contributed by atoms with Gasteiger partial charge in [0.2, 0.25) is 0 Å². The number of nitrogens with zero attached hydrogens (tertiary/aromatic N) is 1. The van der Waals surface area contributed by atoms with Crippen molar-refractivity contribution in [1.82, 2.24) is 9.78 Å². The van der Waals surface area contributed by atoms with E-state index in [2.05, 4.69) is 16.0 Å². The lowest BCUT2D eigenvalue weighted by Gasteiger charge is -2.13. The molecule has 0 aliphatic heterocycles. The molecule has 1 heterocycles. The SMILES string of the molecule is CCOC(=O)c1[nH]n(C2C=CC=CC2)c(=O)c1NNc1ccc(C)cc1Cl. The molecule has 2 aromatic rings. The molecule has 0 bridgehead atoms. The van der Waals surface area contributed by atoms with Crippen molar-refractivity contribution < 1.29 is 9.53 Å². The van der Waals surface area contributed by atoms with Gasteiger partial charge in [0.1, 0.15) is 0 Å². The molecule has 0 spiro atoms. The van der Waals surface area contributed by atoms with E-state index >= 15 is 0 Å². The van der Waals surface area contributed by atoms with Crippen molar-refractivity contribution >= 4 is 28.9 Å². The number of nitrogens with one attached hydrogen (secondary N) is 3. The third-order valence-electron chi connectivity index (χ3n) is 4.13. The lowest BCUT2D eigenvalue weighted by atomic mass is 10.1. The average molecular weight is 389 g/mol. The van der Waals surface area contributed by atoms with E-state index in [9.17, 15) is 9.59 Å². The van der Waals surface area contributed by atoms with Crippen molar-refractivity contribution in [1.29, 1.82) is 0 Å². The summed E-state index contributed by atoms with van der Waals surface area (Å²) in [6, 6.07) is 5.27. The van der Waals surface area contributed by atoms with Gasteiger partial charge in [-0.15, -0.1) is 0 Å². The maximum absolute atomic E-state index is 12.9. The first-order valence-electron chi connectivity index (χ1n) is 8.64. The minimum atomic E-state index is -0.608. The molecule has 1 aromatic carbocycles. The Morgan fingerprint density at radius 3 is 2.85 bits per heavy atom. The molecule has 0 fully saturated rings. The maximum atomic E-state index is 12.9. The monoisotopic (exact) mass is 388 g/mol. The van der Waals surface area contributed by atoms with Gasteiger partial charge in [0.15, 0.2) is 11.4 Å². The Bertz CT molecular complexity index is 958. The number of anilines is 2. The maximum Gasteiger partial charge on any atom is 0.358 e. The predicted molar refractivity (Wildman–Crippen MR) is 106 cm³/mol. The Balaban J connectivity index is 1.92. The zero-order chi connectivity index (χ0) is 19.4. The number of hydrogen-bond donors (Lipinski definition) is 3. The smallest absolute Gasteiger partial charge is 0.358 e. The minimum Gasteiger partial charge on any atom is -0.461 e. The number of hydrogen-bond acceptors (Lipinski definition) is 5. The van der Waals surface area contributed by atoms with Crippen molar-refractivity contribution in [2.24, 2.45) is 0 Å². The average Bonchev–Trinajstić information content (AvgIpc) is 2.99. The highest BCUT2D eigenvalue weighted by Gasteiger charge is 2.24. The van der Waals surface area contributed by atoms with E-state index in [1.165, 1.54) is 4.68 Å². The van der Waals surface area contributed by atoms with Crippen molar-refractivity contribution in [2.75, 3.05) is 17.5 Å². The van der Waals surface area contributed by atoms with Crippen LogP contribution in [0, 0.1) is 6.92 Å². The molecule has 1 atom stereocenters. The molecule has 1 unspecified atom stereocenters. The van der Waals surface area contributed by atoms with Crippen LogP contribution in [0.4, 0.5) is 11.4 Å². The molecule has 1 aromatic heterocycles. The molecular weight excluding hydrogens is 368 g/mol. The molecule has 1 aliphatic carbocycles. The van der Waals surface area contributed by atoms with Crippen LogP contribution in [0.1, 0.15) is 35.4 Å². The first kappa shape index (κ1) is 18.8. The van der Waals surface area contributed by atoms with E-state index in [0.717, 1.165) is 5.56 Å². The highest BCUT2D eigenvalue weighted by atomic mass is 35.5. The van der Waals surface area contributed by atoms with Crippen LogP contribution in [0.2, 0.25) is 5.02 Å². The van der Waals surface area contributed by atoms with Crippen molar-refractivity contribution in [3.05, 3.63) is 69.1 Å². The fraction of sp³-hybridized carbons (Fsp3) is 0.263. The summed E-state index contributed by atoms with van der Waals surface area (Å²) in [7, 11) is 0. The van der Waals surface area contributed by atoms with Crippen LogP contribution in [-0.4, -0.2) is 22.4 Å². The number of carbonyl (C=O) groups is 1. The van der Waals surface area contributed by atoms with Gasteiger partial charge in [-0.1, -0.05) is 42.0 Å². The molecule has 27 heavy (non-hydrogen) atoms. The van der Waals surface area contributed by atoms with Gasteiger partial charge in [-0.2, -0.15) is 0 Å². The normalized spacial score (nSPS) is 15.6. The number of halogens is 1. The molecule has 0 saturated heterocycles. The summed E-state index contributed by atoms with van der Waals surface area (Å²) in [6.07, 6.45) is 8.27. The van der Waals surface area contributed by atoms with Gasteiger partial charge < -0.3 is 4.74 Å². The molecule has 0 saturated carbocycles. The predicted octanol–water partition coefficient (Wildman–Crippen LogP) is 3.81. The van der Waals surface area contributed by atoms with E-state index in [1.54, 1.807) is 19.1 Å². The van der Waals surface area contributed by atoms with Crippen LogP contribution >= 0.6 is 11.6 Å². The fourth-order valence-corrected chi connectivity index (χ4v) is 3.05. The van der Waals surface area contributed by atoms with Crippen LogP contribution < -0.4 is 16.4 Å². The molecule has 3 rings (SSSR count). The summed E-state index contributed by atoms with van der Waals surface area (Å²) in [4.78, 5) is 25.2. The van der Waals surface area contributed by atoms with Gasteiger partial charge in [-0.3, -0.25) is 20.7 Å². The van der Waals surface area contributed by atoms with E-state index in [0.29, 0.717) is 17.1 Å². The van der Waals surface area contributed by atoms with Crippen LogP contribution in [0.3, 0.4) is 0 Å². The number of aromatic nitrogens is 2. The number of carbonyl (C=O) groups excluding carboxylic acids is 1. The number of hydrazine groups is 1. The molecule has 142 valence electrons. The Morgan fingerprint density at radius 2 is 2.19 bits per heavy atom. The summed E-state index contributed by atoms with van der Waals surface area (Å²) in [5.74, 6) is -0.608. The van der Waals surface area contributed by atoms with Gasteiger partial charge in [0, 0.05) is 0 Å². The Kier molecular flexibility index (Phi) is 5.71. The second-order valence-corrected chi connectivity index (χ2v) is 6.51. The van der Waals surface area contributed by atoms with Crippen LogP contribution in [0.15, 0.2) is 47.3 Å². The molecule has 7 nitrogen and oxygen atoms in total. The number of aryl methyl sites for hydroxylation is 1. The van der Waals surface area contributed by atoms with E-state index in [-0.39, 0.29) is 29.6 Å². The number of allylic oxidation sites excluding steroid dienone is 4. The van der Waals surface area contributed by atoms with Crippen LogP contribution in [0.5, 0.6) is 0 Å². The van der Waals surface area contributed by atoms with Crippen LogP contribution in [-0.2, 0) is 4.74 Å². The number of rotatable bonds is 6. The third kappa shape index (κ3) is 4.09. The van der Waals surface area contributed by atoms with Crippen LogP contribution in [0.25, 0.3) is 0 Å². The molecular formula is C19H21ClN4O3. The van der Waals surface area contributed by atoms with Gasteiger partial charge >= 0.3 is 5.97 Å². The topological polar surface area (TPSA) is 88.2 Å².